The smallest absolute Gasteiger partial charge is 0.334 e. The average molecular weight is 221 g/mol. The Morgan fingerprint density at radius 2 is 2.31 bits per heavy atom. The van der Waals surface area contributed by atoms with Gasteiger partial charge in [-0.25, -0.2) is 4.79 Å². The zero-order valence-electron chi connectivity index (χ0n) is 8.71. The summed E-state index contributed by atoms with van der Waals surface area (Å²) in [5.74, 6) is -1.73. The van der Waals surface area contributed by atoms with Crippen LogP contribution in [0.2, 0.25) is 0 Å². The Kier molecular flexibility index (Phi) is 4.20. The van der Waals surface area contributed by atoms with Crippen LogP contribution < -0.4 is 0 Å². The molecule has 0 unspecified atom stereocenters. The summed E-state index contributed by atoms with van der Waals surface area (Å²) in [6.07, 6.45) is 4.20. The Labute approximate surface area is 92.4 Å². The first kappa shape index (κ1) is 11.9. The highest BCUT2D eigenvalue weighted by Gasteiger charge is 2.13. The minimum Gasteiger partial charge on any atom is -0.481 e. The second-order valence-electron chi connectivity index (χ2n) is 3.02. The highest BCUT2D eigenvalue weighted by Crippen LogP contribution is 2.10. The molecule has 0 aliphatic heterocycles. The standard InChI is InChI=1S/C11H11NO4/c1-16-11(15)9(6-10(13)14)5-8-3-2-4-12-7-8/h2-5,7H,6H2,1H3,(H,13,14)/b9-5-. The molecule has 1 aromatic heterocycles. The first-order valence-corrected chi connectivity index (χ1v) is 4.54. The lowest BCUT2D eigenvalue weighted by atomic mass is 10.1. The first-order chi connectivity index (χ1) is 7.63. The summed E-state index contributed by atoms with van der Waals surface area (Å²) in [5.41, 5.74) is 0.743. The molecule has 1 heterocycles. The lowest BCUT2D eigenvalue weighted by Crippen LogP contribution is -2.09. The Bertz CT molecular complexity index is 411. The van der Waals surface area contributed by atoms with Crippen molar-refractivity contribution in [2.75, 3.05) is 7.11 Å². The van der Waals surface area contributed by atoms with Crippen molar-refractivity contribution in [1.82, 2.24) is 4.98 Å². The summed E-state index contributed by atoms with van der Waals surface area (Å²) in [4.78, 5) is 25.7. The van der Waals surface area contributed by atoms with Crippen LogP contribution in [-0.4, -0.2) is 29.1 Å². The minimum absolute atomic E-state index is 0.0861. The molecule has 16 heavy (non-hydrogen) atoms. The number of hydrogen-bond donors (Lipinski definition) is 1. The van der Waals surface area contributed by atoms with Gasteiger partial charge in [-0.2, -0.15) is 0 Å². The number of esters is 1. The maximum absolute atomic E-state index is 11.3. The number of carboxylic acids is 1. The number of rotatable bonds is 4. The maximum Gasteiger partial charge on any atom is 0.334 e. The van der Waals surface area contributed by atoms with Crippen molar-refractivity contribution < 1.29 is 19.4 Å². The summed E-state index contributed by atoms with van der Waals surface area (Å²) in [7, 11) is 1.21. The molecule has 0 bridgehead atoms. The first-order valence-electron chi connectivity index (χ1n) is 4.54. The fourth-order valence-corrected chi connectivity index (χ4v) is 1.14. The van der Waals surface area contributed by atoms with E-state index in [1.165, 1.54) is 19.4 Å². The highest BCUT2D eigenvalue weighted by molar-refractivity contribution is 5.97. The van der Waals surface area contributed by atoms with Crippen LogP contribution in [0.1, 0.15) is 12.0 Å². The molecule has 84 valence electrons. The van der Waals surface area contributed by atoms with E-state index in [1.54, 1.807) is 18.3 Å². The van der Waals surface area contributed by atoms with E-state index in [2.05, 4.69) is 9.72 Å². The van der Waals surface area contributed by atoms with Crippen LogP contribution in [0.25, 0.3) is 6.08 Å². The van der Waals surface area contributed by atoms with E-state index in [0.717, 1.165) is 0 Å². The van der Waals surface area contributed by atoms with Crippen LogP contribution in [0, 0.1) is 0 Å². The van der Waals surface area contributed by atoms with Gasteiger partial charge in [0.25, 0.3) is 0 Å². The number of carboxylic acid groups (broad SMARTS) is 1. The molecule has 0 spiro atoms. The van der Waals surface area contributed by atoms with E-state index < -0.39 is 11.9 Å². The summed E-state index contributed by atoms with van der Waals surface area (Å²) in [6.45, 7) is 0. The van der Waals surface area contributed by atoms with Gasteiger partial charge in [0, 0.05) is 18.0 Å². The molecule has 0 radical (unpaired) electrons. The molecular formula is C11H11NO4. The van der Waals surface area contributed by atoms with Gasteiger partial charge in [0.05, 0.1) is 13.5 Å². The van der Waals surface area contributed by atoms with Crippen LogP contribution in [-0.2, 0) is 14.3 Å². The SMILES string of the molecule is COC(=O)/C(=C\c1cccnc1)CC(=O)O. The van der Waals surface area contributed by atoms with E-state index in [4.69, 9.17) is 5.11 Å². The number of pyridine rings is 1. The van der Waals surface area contributed by atoms with Crippen molar-refractivity contribution in [2.24, 2.45) is 0 Å². The second-order valence-corrected chi connectivity index (χ2v) is 3.02. The number of carbonyl (C=O) groups is 2. The number of ether oxygens (including phenoxy) is 1. The average Bonchev–Trinajstić information content (AvgIpc) is 2.28. The number of aliphatic carboxylic acids is 1. The Hall–Kier alpha value is -2.17. The summed E-state index contributed by atoms with van der Waals surface area (Å²) < 4.78 is 4.49. The molecule has 0 saturated heterocycles. The maximum atomic E-state index is 11.3. The lowest BCUT2D eigenvalue weighted by Gasteiger charge is -2.02. The van der Waals surface area contributed by atoms with E-state index in [1.807, 2.05) is 0 Å². The third-order valence-corrected chi connectivity index (χ3v) is 1.81. The zero-order valence-corrected chi connectivity index (χ0v) is 8.71. The molecule has 0 atom stereocenters. The van der Waals surface area contributed by atoms with Gasteiger partial charge in [0.2, 0.25) is 0 Å². The van der Waals surface area contributed by atoms with Gasteiger partial charge in [-0.1, -0.05) is 6.07 Å². The molecule has 0 aliphatic rings. The van der Waals surface area contributed by atoms with Crippen molar-refractivity contribution in [3.05, 3.63) is 35.7 Å². The van der Waals surface area contributed by atoms with Crippen LogP contribution in [0.15, 0.2) is 30.1 Å². The number of carbonyl (C=O) groups excluding carboxylic acids is 1. The van der Waals surface area contributed by atoms with Crippen LogP contribution in [0.4, 0.5) is 0 Å². The van der Waals surface area contributed by atoms with Gasteiger partial charge in [-0.05, 0) is 17.7 Å². The van der Waals surface area contributed by atoms with Gasteiger partial charge >= 0.3 is 11.9 Å². The third-order valence-electron chi connectivity index (χ3n) is 1.81. The molecule has 0 aliphatic carbocycles. The lowest BCUT2D eigenvalue weighted by molar-refractivity contribution is -0.141. The zero-order chi connectivity index (χ0) is 12.0. The van der Waals surface area contributed by atoms with Gasteiger partial charge in [0.1, 0.15) is 0 Å². The second kappa shape index (κ2) is 5.65. The summed E-state index contributed by atoms with van der Waals surface area (Å²) >= 11 is 0. The van der Waals surface area contributed by atoms with Crippen LogP contribution >= 0.6 is 0 Å². The van der Waals surface area contributed by atoms with Gasteiger partial charge in [0.15, 0.2) is 0 Å². The van der Waals surface area contributed by atoms with Crippen molar-refractivity contribution >= 4 is 18.0 Å². The molecule has 0 fully saturated rings. The normalized spacial score (nSPS) is 10.9. The third kappa shape index (κ3) is 3.53. The van der Waals surface area contributed by atoms with Crippen LogP contribution in [0.3, 0.4) is 0 Å². The molecular weight excluding hydrogens is 210 g/mol. The number of methoxy groups -OCH3 is 1. The minimum atomic E-state index is -1.08. The van der Waals surface area contributed by atoms with Gasteiger partial charge in [-0.15, -0.1) is 0 Å². The topological polar surface area (TPSA) is 76.5 Å². The molecule has 0 aromatic carbocycles. The van der Waals surface area contributed by atoms with E-state index in [-0.39, 0.29) is 12.0 Å². The van der Waals surface area contributed by atoms with Gasteiger partial charge < -0.3 is 9.84 Å². The Balaban J connectivity index is 2.96. The Morgan fingerprint density at radius 1 is 1.56 bits per heavy atom. The number of nitrogens with zero attached hydrogens (tertiary/aromatic N) is 1. The predicted molar refractivity (Wildman–Crippen MR) is 56.5 cm³/mol. The Morgan fingerprint density at radius 3 is 2.81 bits per heavy atom. The molecule has 5 nitrogen and oxygen atoms in total. The summed E-state index contributed by atoms with van der Waals surface area (Å²) in [5, 5.41) is 8.64. The van der Waals surface area contributed by atoms with E-state index >= 15 is 0 Å². The molecule has 0 amide bonds. The van der Waals surface area contributed by atoms with Crippen molar-refractivity contribution in [3.63, 3.8) is 0 Å². The number of hydrogen-bond acceptors (Lipinski definition) is 4. The molecule has 0 saturated carbocycles. The molecule has 1 rings (SSSR count). The monoisotopic (exact) mass is 221 g/mol. The fourth-order valence-electron chi connectivity index (χ4n) is 1.14. The molecule has 5 heteroatoms. The van der Waals surface area contributed by atoms with Crippen molar-refractivity contribution in [2.45, 2.75) is 6.42 Å². The highest BCUT2D eigenvalue weighted by atomic mass is 16.5. The number of aromatic nitrogens is 1. The predicted octanol–water partition coefficient (Wildman–Crippen LogP) is 1.11. The molecule has 1 aromatic rings. The largest absolute Gasteiger partial charge is 0.481 e. The van der Waals surface area contributed by atoms with E-state index in [0.29, 0.717) is 5.56 Å². The summed E-state index contributed by atoms with van der Waals surface area (Å²) in [6, 6.07) is 3.42. The molecule has 1 N–H and O–H groups in total. The fraction of sp³-hybridized carbons (Fsp3) is 0.182. The van der Waals surface area contributed by atoms with E-state index in [9.17, 15) is 9.59 Å². The van der Waals surface area contributed by atoms with Crippen molar-refractivity contribution in [3.8, 4) is 0 Å². The van der Waals surface area contributed by atoms with Crippen LogP contribution in [0.5, 0.6) is 0 Å². The quantitative estimate of drug-likeness (QED) is 0.608. The van der Waals surface area contributed by atoms with Gasteiger partial charge in [-0.3, -0.25) is 9.78 Å². The van der Waals surface area contributed by atoms with Crippen molar-refractivity contribution in [1.29, 1.82) is 0 Å².